The second-order valence-electron chi connectivity index (χ2n) is 7.26. The van der Waals surface area contributed by atoms with Crippen LogP contribution in [0.3, 0.4) is 0 Å². The van der Waals surface area contributed by atoms with E-state index in [1.165, 1.54) is 23.9 Å². The Hall–Kier alpha value is -2.36. The van der Waals surface area contributed by atoms with Crippen LogP contribution in [0.25, 0.3) is 11.1 Å². The molecule has 0 radical (unpaired) electrons. The lowest BCUT2D eigenvalue weighted by atomic mass is 9.96. The second-order valence-corrected chi connectivity index (χ2v) is 9.91. The first-order valence-corrected chi connectivity index (χ1v) is 12.4. The normalized spacial score (nSPS) is 15.3. The van der Waals surface area contributed by atoms with Gasteiger partial charge in [0.25, 0.3) is 5.22 Å². The van der Waals surface area contributed by atoms with Gasteiger partial charge in [0.2, 0.25) is 15.9 Å². The number of aromatic nitrogens is 1. The highest BCUT2D eigenvalue weighted by atomic mass is 32.2. The first kappa shape index (κ1) is 20.9. The lowest BCUT2D eigenvalue weighted by Gasteiger charge is -2.22. The molecule has 1 aromatic heterocycles. The Morgan fingerprint density at radius 3 is 2.53 bits per heavy atom. The largest absolute Gasteiger partial charge is 0.431 e. The first-order valence-electron chi connectivity index (χ1n) is 9.90. The van der Waals surface area contributed by atoms with Crippen LogP contribution < -0.4 is 10.0 Å². The second kappa shape index (κ2) is 9.20. The van der Waals surface area contributed by atoms with Crippen LogP contribution in [0.2, 0.25) is 0 Å². The Labute approximate surface area is 179 Å². The van der Waals surface area contributed by atoms with E-state index < -0.39 is 10.0 Å². The van der Waals surface area contributed by atoms with Gasteiger partial charge in [-0.25, -0.2) is 18.1 Å². The lowest BCUT2D eigenvalue weighted by Crippen LogP contribution is -2.36. The average molecular weight is 446 g/mol. The van der Waals surface area contributed by atoms with Crippen molar-refractivity contribution in [1.29, 1.82) is 0 Å². The van der Waals surface area contributed by atoms with E-state index in [0.717, 1.165) is 37.6 Å². The molecule has 1 aliphatic rings. The molecule has 9 heteroatoms. The number of nitrogens with zero attached hydrogens (tertiary/aromatic N) is 1. The average Bonchev–Trinajstić information content (AvgIpc) is 3.16. The van der Waals surface area contributed by atoms with Crippen LogP contribution in [0.5, 0.6) is 0 Å². The number of rotatable bonds is 7. The highest BCUT2D eigenvalue weighted by molar-refractivity contribution is 7.99. The Bertz CT molecular complexity index is 1090. The van der Waals surface area contributed by atoms with Crippen molar-refractivity contribution in [3.63, 3.8) is 0 Å². The molecule has 7 nitrogen and oxygen atoms in total. The van der Waals surface area contributed by atoms with E-state index in [4.69, 9.17) is 4.42 Å². The number of hydrogen-bond acceptors (Lipinski definition) is 6. The molecule has 1 aliphatic carbocycles. The van der Waals surface area contributed by atoms with E-state index in [0.29, 0.717) is 16.5 Å². The summed E-state index contributed by atoms with van der Waals surface area (Å²) in [6.07, 6.45) is 5.03. The van der Waals surface area contributed by atoms with E-state index in [1.807, 2.05) is 24.3 Å². The standard InChI is InChI=1S/C21H23N3O4S2/c25-20(14-29-21-23-18-8-4-5-9-19(18)28-21)22-15-10-12-17(13-11-15)30(26,27)24-16-6-2-1-3-7-16/h4-5,8-13,16,24H,1-3,6-7,14H2,(H,22,25). The molecule has 30 heavy (non-hydrogen) atoms. The van der Waals surface area contributed by atoms with Gasteiger partial charge in [-0.1, -0.05) is 43.2 Å². The summed E-state index contributed by atoms with van der Waals surface area (Å²) in [4.78, 5) is 16.7. The summed E-state index contributed by atoms with van der Waals surface area (Å²) in [7, 11) is -3.55. The summed E-state index contributed by atoms with van der Waals surface area (Å²) in [5.41, 5.74) is 1.97. The number of carbonyl (C=O) groups is 1. The van der Waals surface area contributed by atoms with Gasteiger partial charge < -0.3 is 9.73 Å². The molecule has 0 saturated heterocycles. The van der Waals surface area contributed by atoms with E-state index in [2.05, 4.69) is 15.0 Å². The van der Waals surface area contributed by atoms with Crippen LogP contribution >= 0.6 is 11.8 Å². The third-order valence-corrected chi connectivity index (χ3v) is 7.34. The number of fused-ring (bicyclic) bond motifs is 1. The van der Waals surface area contributed by atoms with Crippen molar-refractivity contribution in [2.45, 2.75) is 48.3 Å². The third kappa shape index (κ3) is 5.21. The monoisotopic (exact) mass is 445 g/mol. The Balaban J connectivity index is 1.31. The van der Waals surface area contributed by atoms with Gasteiger partial charge in [0.15, 0.2) is 5.58 Å². The summed E-state index contributed by atoms with van der Waals surface area (Å²) in [6, 6.07) is 13.6. The number of nitrogens with one attached hydrogen (secondary N) is 2. The maximum atomic E-state index is 12.5. The minimum absolute atomic E-state index is 0.00649. The third-order valence-electron chi connectivity index (χ3n) is 4.98. The highest BCUT2D eigenvalue weighted by Crippen LogP contribution is 2.24. The van der Waals surface area contributed by atoms with Gasteiger partial charge in [0.1, 0.15) is 5.52 Å². The Kier molecular flexibility index (Phi) is 6.40. The zero-order valence-electron chi connectivity index (χ0n) is 16.3. The minimum atomic E-state index is -3.55. The molecule has 3 aromatic rings. The fourth-order valence-corrected chi connectivity index (χ4v) is 5.41. The molecule has 0 bridgehead atoms. The number of hydrogen-bond donors (Lipinski definition) is 2. The van der Waals surface area contributed by atoms with Gasteiger partial charge in [-0.2, -0.15) is 0 Å². The number of para-hydroxylation sites is 2. The summed E-state index contributed by atoms with van der Waals surface area (Å²) in [6.45, 7) is 0. The Morgan fingerprint density at radius 1 is 1.07 bits per heavy atom. The topological polar surface area (TPSA) is 101 Å². The number of oxazole rings is 1. The van der Waals surface area contributed by atoms with Crippen LogP contribution in [-0.2, 0) is 14.8 Å². The van der Waals surface area contributed by atoms with Gasteiger partial charge in [0, 0.05) is 11.7 Å². The molecule has 158 valence electrons. The molecule has 2 aromatic carbocycles. The van der Waals surface area contributed by atoms with E-state index in [1.54, 1.807) is 12.1 Å². The number of anilines is 1. The molecule has 1 heterocycles. The van der Waals surface area contributed by atoms with Crippen LogP contribution in [0.4, 0.5) is 5.69 Å². The summed E-state index contributed by atoms with van der Waals surface area (Å²) in [5.74, 6) is -0.0889. The fourth-order valence-electron chi connectivity index (χ4n) is 3.46. The zero-order chi connectivity index (χ0) is 21.0. The maximum absolute atomic E-state index is 12.5. The molecule has 4 rings (SSSR count). The van der Waals surface area contributed by atoms with Crippen molar-refractivity contribution in [3.8, 4) is 0 Å². The van der Waals surface area contributed by atoms with Crippen LogP contribution in [0, 0.1) is 0 Å². The molecule has 0 atom stereocenters. The number of benzene rings is 2. The van der Waals surface area contributed by atoms with Gasteiger partial charge in [-0.3, -0.25) is 4.79 Å². The molecule has 0 unspecified atom stereocenters. The molecule has 0 spiro atoms. The smallest absolute Gasteiger partial charge is 0.257 e. The molecule has 1 fully saturated rings. The predicted molar refractivity (Wildman–Crippen MR) is 117 cm³/mol. The molecule has 0 aliphatic heterocycles. The highest BCUT2D eigenvalue weighted by Gasteiger charge is 2.21. The molecule has 1 amide bonds. The van der Waals surface area contributed by atoms with Gasteiger partial charge >= 0.3 is 0 Å². The quantitative estimate of drug-likeness (QED) is 0.529. The number of sulfonamides is 1. The lowest BCUT2D eigenvalue weighted by molar-refractivity contribution is -0.113. The number of amides is 1. The van der Waals surface area contributed by atoms with Crippen molar-refractivity contribution in [3.05, 3.63) is 48.5 Å². The number of thioether (sulfide) groups is 1. The first-order chi connectivity index (χ1) is 14.5. The van der Waals surface area contributed by atoms with E-state index in [9.17, 15) is 13.2 Å². The minimum Gasteiger partial charge on any atom is -0.431 e. The van der Waals surface area contributed by atoms with Gasteiger partial charge in [-0.15, -0.1) is 0 Å². The Morgan fingerprint density at radius 2 is 1.80 bits per heavy atom. The predicted octanol–water partition coefficient (Wildman–Crippen LogP) is 4.17. The van der Waals surface area contributed by atoms with Crippen molar-refractivity contribution < 1.29 is 17.6 Å². The van der Waals surface area contributed by atoms with Gasteiger partial charge in [0.05, 0.1) is 10.6 Å². The van der Waals surface area contributed by atoms with Crippen molar-refractivity contribution in [1.82, 2.24) is 9.71 Å². The van der Waals surface area contributed by atoms with E-state index in [-0.39, 0.29) is 22.6 Å². The van der Waals surface area contributed by atoms with Crippen molar-refractivity contribution in [2.24, 2.45) is 0 Å². The number of carbonyl (C=O) groups excluding carboxylic acids is 1. The van der Waals surface area contributed by atoms with Crippen molar-refractivity contribution in [2.75, 3.05) is 11.1 Å². The zero-order valence-corrected chi connectivity index (χ0v) is 18.0. The van der Waals surface area contributed by atoms with Crippen molar-refractivity contribution >= 4 is 44.5 Å². The van der Waals surface area contributed by atoms with E-state index >= 15 is 0 Å². The van der Waals surface area contributed by atoms with Crippen LogP contribution in [-0.4, -0.2) is 31.1 Å². The molecular formula is C21H23N3O4S2. The maximum Gasteiger partial charge on any atom is 0.257 e. The summed E-state index contributed by atoms with van der Waals surface area (Å²) >= 11 is 1.20. The van der Waals surface area contributed by atoms with Gasteiger partial charge in [-0.05, 0) is 49.2 Å². The summed E-state index contributed by atoms with van der Waals surface area (Å²) in [5, 5.41) is 3.19. The fraction of sp³-hybridized carbons (Fsp3) is 0.333. The molecule has 2 N–H and O–H groups in total. The SMILES string of the molecule is O=C(CSc1nc2ccccc2o1)Nc1ccc(S(=O)(=O)NC2CCCCC2)cc1. The molecule has 1 saturated carbocycles. The van der Waals surface area contributed by atoms with Crippen LogP contribution in [0.1, 0.15) is 32.1 Å². The summed E-state index contributed by atoms with van der Waals surface area (Å²) < 4.78 is 33.5. The molecular weight excluding hydrogens is 422 g/mol. The van der Waals surface area contributed by atoms with Crippen LogP contribution in [0.15, 0.2) is 63.1 Å².